The average molecular weight is 278 g/mol. The van der Waals surface area contributed by atoms with E-state index in [2.05, 4.69) is 20.1 Å². The fraction of sp³-hybridized carbons (Fsp3) is 0.588. The lowest BCUT2D eigenvalue weighted by Gasteiger charge is -2.27. The van der Waals surface area contributed by atoms with Crippen LogP contribution < -0.4 is 0 Å². The Hall–Kier alpha value is -1.51. The zero-order valence-corrected chi connectivity index (χ0v) is 12.9. The molecule has 3 nitrogen and oxygen atoms in total. The van der Waals surface area contributed by atoms with Crippen LogP contribution in [0.1, 0.15) is 39.5 Å². The SMILES string of the molecule is C=C1CCC(C(C(=C)CC)C(=O)OC)C1O/C=C/CC. The maximum atomic E-state index is 12.1. The molecule has 0 bridgehead atoms. The molecule has 1 aliphatic rings. The molecule has 0 aromatic rings. The highest BCUT2D eigenvalue weighted by Crippen LogP contribution is 2.40. The van der Waals surface area contributed by atoms with Crippen LogP contribution in [-0.2, 0) is 14.3 Å². The normalized spacial score (nSPS) is 23.9. The van der Waals surface area contributed by atoms with Gasteiger partial charge in [0.05, 0.1) is 19.3 Å². The Morgan fingerprint density at radius 1 is 1.50 bits per heavy atom. The van der Waals surface area contributed by atoms with Crippen LogP contribution in [-0.4, -0.2) is 19.2 Å². The van der Waals surface area contributed by atoms with Gasteiger partial charge in [-0.05, 0) is 31.3 Å². The predicted molar refractivity (Wildman–Crippen MR) is 81.1 cm³/mol. The molecular weight excluding hydrogens is 252 g/mol. The summed E-state index contributed by atoms with van der Waals surface area (Å²) in [4.78, 5) is 12.1. The van der Waals surface area contributed by atoms with Crippen molar-refractivity contribution in [1.82, 2.24) is 0 Å². The summed E-state index contributed by atoms with van der Waals surface area (Å²) in [6, 6.07) is 0. The zero-order chi connectivity index (χ0) is 15.1. The van der Waals surface area contributed by atoms with Crippen LogP contribution in [0.3, 0.4) is 0 Å². The van der Waals surface area contributed by atoms with Gasteiger partial charge in [-0.2, -0.15) is 0 Å². The summed E-state index contributed by atoms with van der Waals surface area (Å²) in [6.07, 6.45) is 7.03. The molecule has 112 valence electrons. The minimum absolute atomic E-state index is 0.0731. The van der Waals surface area contributed by atoms with Crippen molar-refractivity contribution in [2.75, 3.05) is 7.11 Å². The second kappa shape index (κ2) is 7.93. The third-order valence-electron chi connectivity index (χ3n) is 3.92. The molecule has 0 spiro atoms. The molecule has 1 rings (SSSR count). The quantitative estimate of drug-likeness (QED) is 0.401. The van der Waals surface area contributed by atoms with Gasteiger partial charge < -0.3 is 9.47 Å². The zero-order valence-electron chi connectivity index (χ0n) is 12.9. The molecule has 3 heteroatoms. The topological polar surface area (TPSA) is 35.5 Å². The van der Waals surface area contributed by atoms with Crippen LogP contribution in [0.25, 0.3) is 0 Å². The van der Waals surface area contributed by atoms with Crippen LogP contribution in [0.2, 0.25) is 0 Å². The maximum Gasteiger partial charge on any atom is 0.313 e. The molecule has 1 fully saturated rings. The highest BCUT2D eigenvalue weighted by atomic mass is 16.5. The Morgan fingerprint density at radius 2 is 2.20 bits per heavy atom. The van der Waals surface area contributed by atoms with E-state index in [9.17, 15) is 4.79 Å². The van der Waals surface area contributed by atoms with Crippen molar-refractivity contribution in [3.63, 3.8) is 0 Å². The summed E-state index contributed by atoms with van der Waals surface area (Å²) in [6.45, 7) is 12.2. The first-order chi connectivity index (χ1) is 9.56. The second-order valence-electron chi connectivity index (χ2n) is 5.21. The Morgan fingerprint density at radius 3 is 2.75 bits per heavy atom. The van der Waals surface area contributed by atoms with Gasteiger partial charge in [-0.1, -0.05) is 38.7 Å². The monoisotopic (exact) mass is 278 g/mol. The minimum Gasteiger partial charge on any atom is -0.494 e. The molecule has 0 aliphatic heterocycles. The minimum atomic E-state index is -0.302. The maximum absolute atomic E-state index is 12.1. The van der Waals surface area contributed by atoms with E-state index in [0.717, 1.165) is 36.8 Å². The summed E-state index contributed by atoms with van der Waals surface area (Å²) < 4.78 is 10.8. The number of hydrogen-bond acceptors (Lipinski definition) is 3. The number of rotatable bonds is 7. The van der Waals surface area contributed by atoms with Gasteiger partial charge in [0.2, 0.25) is 0 Å². The third-order valence-corrected chi connectivity index (χ3v) is 3.92. The van der Waals surface area contributed by atoms with Crippen molar-refractivity contribution in [3.05, 3.63) is 36.6 Å². The van der Waals surface area contributed by atoms with E-state index in [4.69, 9.17) is 9.47 Å². The van der Waals surface area contributed by atoms with Crippen molar-refractivity contribution < 1.29 is 14.3 Å². The number of hydrogen-bond donors (Lipinski definition) is 0. The highest BCUT2D eigenvalue weighted by molar-refractivity contribution is 5.76. The van der Waals surface area contributed by atoms with Gasteiger partial charge in [-0.25, -0.2) is 0 Å². The van der Waals surface area contributed by atoms with E-state index >= 15 is 0 Å². The van der Waals surface area contributed by atoms with Gasteiger partial charge in [-0.3, -0.25) is 4.79 Å². The van der Waals surface area contributed by atoms with Crippen LogP contribution in [0.15, 0.2) is 36.6 Å². The van der Waals surface area contributed by atoms with Crippen LogP contribution in [0.4, 0.5) is 0 Å². The Kier molecular flexibility index (Phi) is 6.56. The van der Waals surface area contributed by atoms with Crippen LogP contribution in [0.5, 0.6) is 0 Å². The second-order valence-corrected chi connectivity index (χ2v) is 5.21. The van der Waals surface area contributed by atoms with Gasteiger partial charge in [0.1, 0.15) is 6.10 Å². The standard InChI is InChI=1S/C17H26O3/c1-6-8-11-20-16-13(4)9-10-14(16)15(12(3)7-2)17(18)19-5/h8,11,14-16H,3-4,6-7,9-10H2,1-2,5H3/b11-8+. The molecular formula is C17H26O3. The number of carbonyl (C=O) groups excluding carboxylic acids is 1. The number of allylic oxidation sites excluding steroid dienone is 1. The highest BCUT2D eigenvalue weighted by Gasteiger charge is 2.41. The van der Waals surface area contributed by atoms with Crippen LogP contribution in [0, 0.1) is 11.8 Å². The van der Waals surface area contributed by atoms with Gasteiger partial charge in [0.25, 0.3) is 0 Å². The van der Waals surface area contributed by atoms with Gasteiger partial charge in [-0.15, -0.1) is 0 Å². The van der Waals surface area contributed by atoms with Crippen molar-refractivity contribution in [1.29, 1.82) is 0 Å². The summed E-state index contributed by atoms with van der Waals surface area (Å²) in [5.41, 5.74) is 1.96. The molecule has 0 aromatic heterocycles. The van der Waals surface area contributed by atoms with Crippen molar-refractivity contribution in [2.45, 2.75) is 45.6 Å². The van der Waals surface area contributed by atoms with E-state index in [1.165, 1.54) is 7.11 Å². The molecule has 1 aliphatic carbocycles. The molecule has 0 amide bonds. The van der Waals surface area contributed by atoms with E-state index < -0.39 is 0 Å². The molecule has 0 radical (unpaired) electrons. The lowest BCUT2D eigenvalue weighted by Crippen LogP contribution is -2.32. The first kappa shape index (κ1) is 16.5. The van der Waals surface area contributed by atoms with Crippen molar-refractivity contribution in [3.8, 4) is 0 Å². The lowest BCUT2D eigenvalue weighted by molar-refractivity contribution is -0.146. The van der Waals surface area contributed by atoms with Gasteiger partial charge in [0.15, 0.2) is 0 Å². The van der Waals surface area contributed by atoms with Gasteiger partial charge >= 0.3 is 5.97 Å². The summed E-state index contributed by atoms with van der Waals surface area (Å²) in [5.74, 6) is -0.446. The van der Waals surface area contributed by atoms with Crippen LogP contribution >= 0.6 is 0 Å². The van der Waals surface area contributed by atoms with Crippen molar-refractivity contribution >= 4 is 5.97 Å². The Labute approximate surface area is 122 Å². The molecule has 0 saturated heterocycles. The fourth-order valence-electron chi connectivity index (χ4n) is 2.71. The number of methoxy groups -OCH3 is 1. The van der Waals surface area contributed by atoms with E-state index in [1.807, 2.05) is 13.0 Å². The fourth-order valence-corrected chi connectivity index (χ4v) is 2.71. The van der Waals surface area contributed by atoms with E-state index in [0.29, 0.717) is 0 Å². The summed E-state index contributed by atoms with van der Waals surface area (Å²) in [7, 11) is 1.43. The van der Waals surface area contributed by atoms with E-state index in [1.54, 1.807) is 6.26 Å². The predicted octanol–water partition coefficient (Wildman–Crippen LogP) is 4.02. The number of esters is 1. The largest absolute Gasteiger partial charge is 0.494 e. The molecule has 0 N–H and O–H groups in total. The number of carbonyl (C=O) groups is 1. The molecule has 20 heavy (non-hydrogen) atoms. The molecule has 1 saturated carbocycles. The molecule has 0 aromatic carbocycles. The third kappa shape index (κ3) is 3.75. The average Bonchev–Trinajstić information content (AvgIpc) is 2.80. The molecule has 3 unspecified atom stereocenters. The first-order valence-corrected chi connectivity index (χ1v) is 7.30. The van der Waals surface area contributed by atoms with Gasteiger partial charge in [0, 0.05) is 5.92 Å². The van der Waals surface area contributed by atoms with E-state index in [-0.39, 0.29) is 23.9 Å². The number of ether oxygens (including phenoxy) is 2. The Bertz CT molecular complexity index is 379. The van der Waals surface area contributed by atoms with Crippen molar-refractivity contribution in [2.24, 2.45) is 11.8 Å². The first-order valence-electron chi connectivity index (χ1n) is 7.30. The lowest BCUT2D eigenvalue weighted by atomic mass is 9.82. The summed E-state index contributed by atoms with van der Waals surface area (Å²) in [5, 5.41) is 0. The molecule has 3 atom stereocenters. The Balaban J connectivity index is 2.92. The smallest absolute Gasteiger partial charge is 0.313 e. The summed E-state index contributed by atoms with van der Waals surface area (Å²) >= 11 is 0. The molecule has 0 heterocycles.